The van der Waals surface area contributed by atoms with Gasteiger partial charge >= 0.3 is 6.18 Å². The Morgan fingerprint density at radius 3 is 2.33 bits per heavy atom. The standard InChI is InChI=1S/C15H15F3N2O/c1-20(10-11-6-4-3-5-7-11)14-12(15(16,17)18)8-9-13(19-14)21-2/h3-9H,10H2,1-2H3. The van der Waals surface area contributed by atoms with Crippen molar-refractivity contribution in [1.29, 1.82) is 0 Å². The molecule has 0 saturated heterocycles. The number of hydrogen-bond acceptors (Lipinski definition) is 3. The van der Waals surface area contributed by atoms with Crippen LogP contribution in [0, 0.1) is 0 Å². The second-order valence-electron chi connectivity index (χ2n) is 4.56. The number of halogens is 3. The molecule has 0 aliphatic rings. The van der Waals surface area contributed by atoms with Gasteiger partial charge in [0.1, 0.15) is 5.82 Å². The Labute approximate surface area is 121 Å². The third-order valence-corrected chi connectivity index (χ3v) is 2.99. The van der Waals surface area contributed by atoms with Crippen molar-refractivity contribution in [2.75, 3.05) is 19.1 Å². The lowest BCUT2D eigenvalue weighted by Crippen LogP contribution is -2.22. The lowest BCUT2D eigenvalue weighted by molar-refractivity contribution is -0.137. The lowest BCUT2D eigenvalue weighted by Gasteiger charge is -2.22. The molecule has 1 aromatic heterocycles. The van der Waals surface area contributed by atoms with Crippen LogP contribution in [0.1, 0.15) is 11.1 Å². The molecule has 3 nitrogen and oxygen atoms in total. The quantitative estimate of drug-likeness (QED) is 0.859. The van der Waals surface area contributed by atoms with Crippen LogP contribution in [0.15, 0.2) is 42.5 Å². The summed E-state index contributed by atoms with van der Waals surface area (Å²) in [7, 11) is 2.95. The van der Waals surface area contributed by atoms with E-state index in [4.69, 9.17) is 4.74 Å². The van der Waals surface area contributed by atoms with Crippen molar-refractivity contribution in [2.24, 2.45) is 0 Å². The van der Waals surface area contributed by atoms with E-state index in [0.29, 0.717) is 6.54 Å². The van der Waals surface area contributed by atoms with Gasteiger partial charge in [-0.2, -0.15) is 18.2 Å². The predicted octanol–water partition coefficient (Wildman–Crippen LogP) is 3.75. The van der Waals surface area contributed by atoms with Crippen LogP contribution in [0.3, 0.4) is 0 Å². The molecule has 0 saturated carbocycles. The first-order valence-electron chi connectivity index (χ1n) is 6.29. The van der Waals surface area contributed by atoms with E-state index in [-0.39, 0.29) is 11.7 Å². The van der Waals surface area contributed by atoms with Gasteiger partial charge in [0.25, 0.3) is 0 Å². The highest BCUT2D eigenvalue weighted by atomic mass is 19.4. The van der Waals surface area contributed by atoms with Crippen LogP contribution >= 0.6 is 0 Å². The average Bonchev–Trinajstić information content (AvgIpc) is 2.46. The Morgan fingerprint density at radius 2 is 1.76 bits per heavy atom. The molecule has 0 spiro atoms. The van der Waals surface area contributed by atoms with Crippen LogP contribution in [0.2, 0.25) is 0 Å². The number of nitrogens with zero attached hydrogens (tertiary/aromatic N) is 2. The Morgan fingerprint density at radius 1 is 1.10 bits per heavy atom. The second-order valence-corrected chi connectivity index (χ2v) is 4.56. The van der Waals surface area contributed by atoms with Crippen LogP contribution in [0.4, 0.5) is 19.0 Å². The third kappa shape index (κ3) is 3.65. The molecular formula is C15H15F3N2O. The highest BCUT2D eigenvalue weighted by Crippen LogP contribution is 2.36. The van der Waals surface area contributed by atoms with Crippen molar-refractivity contribution in [3.05, 3.63) is 53.6 Å². The molecule has 1 aromatic carbocycles. The molecule has 1 heterocycles. The van der Waals surface area contributed by atoms with E-state index in [1.165, 1.54) is 18.1 Å². The molecule has 0 atom stereocenters. The van der Waals surface area contributed by atoms with Crippen molar-refractivity contribution in [1.82, 2.24) is 4.98 Å². The van der Waals surface area contributed by atoms with Crippen molar-refractivity contribution in [3.63, 3.8) is 0 Å². The van der Waals surface area contributed by atoms with Crippen LogP contribution in [0.5, 0.6) is 5.88 Å². The van der Waals surface area contributed by atoms with Gasteiger partial charge in [-0.3, -0.25) is 0 Å². The number of pyridine rings is 1. The van der Waals surface area contributed by atoms with E-state index < -0.39 is 11.7 Å². The van der Waals surface area contributed by atoms with E-state index in [2.05, 4.69) is 4.98 Å². The van der Waals surface area contributed by atoms with Gasteiger partial charge in [0, 0.05) is 19.7 Å². The summed E-state index contributed by atoms with van der Waals surface area (Å²) in [4.78, 5) is 5.40. The fourth-order valence-corrected chi connectivity index (χ4v) is 1.99. The highest BCUT2D eigenvalue weighted by molar-refractivity contribution is 5.50. The Bertz CT molecular complexity index is 600. The maximum atomic E-state index is 13.1. The minimum absolute atomic E-state index is 0.147. The first kappa shape index (κ1) is 15.2. The smallest absolute Gasteiger partial charge is 0.419 e. The number of anilines is 1. The van der Waals surface area contributed by atoms with Crippen molar-refractivity contribution in [3.8, 4) is 5.88 Å². The first-order chi connectivity index (χ1) is 9.91. The SMILES string of the molecule is COc1ccc(C(F)(F)F)c(N(C)Cc2ccccc2)n1. The van der Waals surface area contributed by atoms with E-state index in [1.807, 2.05) is 30.3 Å². The van der Waals surface area contributed by atoms with Crippen molar-refractivity contribution < 1.29 is 17.9 Å². The molecule has 0 bridgehead atoms. The molecule has 0 amide bonds. The highest BCUT2D eigenvalue weighted by Gasteiger charge is 2.35. The largest absolute Gasteiger partial charge is 0.481 e. The van der Waals surface area contributed by atoms with E-state index in [0.717, 1.165) is 11.6 Å². The lowest BCUT2D eigenvalue weighted by atomic mass is 10.2. The molecule has 6 heteroatoms. The zero-order chi connectivity index (χ0) is 15.5. The molecule has 0 aliphatic carbocycles. The van der Waals surface area contributed by atoms with Crippen LogP contribution in [-0.4, -0.2) is 19.1 Å². The Hall–Kier alpha value is -2.24. The summed E-state index contributed by atoms with van der Waals surface area (Å²) >= 11 is 0. The van der Waals surface area contributed by atoms with Crippen molar-refractivity contribution >= 4 is 5.82 Å². The molecule has 0 unspecified atom stereocenters. The minimum Gasteiger partial charge on any atom is -0.481 e. The number of aromatic nitrogens is 1. The molecule has 0 radical (unpaired) electrons. The number of methoxy groups -OCH3 is 1. The molecule has 0 fully saturated rings. The molecule has 2 aromatic rings. The van der Waals surface area contributed by atoms with Gasteiger partial charge in [0.2, 0.25) is 5.88 Å². The average molecular weight is 296 g/mol. The van der Waals surface area contributed by atoms with Gasteiger partial charge in [-0.25, -0.2) is 0 Å². The number of benzene rings is 1. The zero-order valence-corrected chi connectivity index (χ0v) is 11.7. The number of ether oxygens (including phenoxy) is 1. The van der Waals surface area contributed by atoms with Crippen LogP contribution < -0.4 is 9.64 Å². The first-order valence-corrected chi connectivity index (χ1v) is 6.29. The topological polar surface area (TPSA) is 25.4 Å². The molecule has 0 aliphatic heterocycles. The van der Waals surface area contributed by atoms with Gasteiger partial charge in [0.05, 0.1) is 12.7 Å². The van der Waals surface area contributed by atoms with E-state index >= 15 is 0 Å². The Balaban J connectivity index is 2.36. The number of rotatable bonds is 4. The maximum absolute atomic E-state index is 13.1. The van der Waals surface area contributed by atoms with Gasteiger partial charge in [-0.05, 0) is 11.6 Å². The number of alkyl halides is 3. The predicted molar refractivity (Wildman–Crippen MR) is 74.3 cm³/mol. The van der Waals surface area contributed by atoms with Crippen LogP contribution in [0.25, 0.3) is 0 Å². The summed E-state index contributed by atoms with van der Waals surface area (Å²) in [6.45, 7) is 0.323. The normalized spacial score (nSPS) is 11.3. The number of hydrogen-bond donors (Lipinski definition) is 0. The monoisotopic (exact) mass is 296 g/mol. The summed E-state index contributed by atoms with van der Waals surface area (Å²) in [6, 6.07) is 11.4. The molecule has 2 rings (SSSR count). The zero-order valence-electron chi connectivity index (χ0n) is 11.7. The molecule has 0 N–H and O–H groups in total. The minimum atomic E-state index is -4.46. The second kappa shape index (κ2) is 6.03. The van der Waals surface area contributed by atoms with Crippen LogP contribution in [-0.2, 0) is 12.7 Å². The third-order valence-electron chi connectivity index (χ3n) is 2.99. The maximum Gasteiger partial charge on any atom is 0.419 e. The molecule has 112 valence electrons. The fourth-order valence-electron chi connectivity index (χ4n) is 1.99. The summed E-state index contributed by atoms with van der Waals surface area (Å²) < 4.78 is 44.1. The fraction of sp³-hybridized carbons (Fsp3) is 0.267. The summed E-state index contributed by atoms with van der Waals surface area (Å²) in [5, 5.41) is 0. The molecule has 21 heavy (non-hydrogen) atoms. The summed E-state index contributed by atoms with van der Waals surface area (Å²) in [5.41, 5.74) is 0.125. The summed E-state index contributed by atoms with van der Waals surface area (Å²) in [6.07, 6.45) is -4.46. The molecular weight excluding hydrogens is 281 g/mol. The van der Waals surface area contributed by atoms with Gasteiger partial charge in [-0.1, -0.05) is 30.3 Å². The van der Waals surface area contributed by atoms with E-state index in [1.54, 1.807) is 7.05 Å². The Kier molecular flexibility index (Phi) is 4.35. The summed E-state index contributed by atoms with van der Waals surface area (Å²) in [5.74, 6) is 0.00335. The van der Waals surface area contributed by atoms with Crippen molar-refractivity contribution in [2.45, 2.75) is 12.7 Å². The van der Waals surface area contributed by atoms with Gasteiger partial charge < -0.3 is 9.64 Å². The van der Waals surface area contributed by atoms with Gasteiger partial charge in [0.15, 0.2) is 0 Å². The van der Waals surface area contributed by atoms with Gasteiger partial charge in [-0.15, -0.1) is 0 Å². The van der Waals surface area contributed by atoms with E-state index in [9.17, 15) is 13.2 Å².